The van der Waals surface area contributed by atoms with E-state index in [-0.39, 0.29) is 0 Å². The van der Waals surface area contributed by atoms with Crippen molar-refractivity contribution in [2.45, 2.75) is 0 Å². The summed E-state index contributed by atoms with van der Waals surface area (Å²) < 4.78 is 8.66. The van der Waals surface area contributed by atoms with Gasteiger partial charge in [0.05, 0.1) is 16.7 Å². The number of fused-ring (bicyclic) bond motifs is 4. The molecule has 5 aromatic heterocycles. The lowest BCUT2D eigenvalue weighted by Gasteiger charge is -2.10. The number of hydrogen-bond acceptors (Lipinski definition) is 5. The van der Waals surface area contributed by atoms with Crippen molar-refractivity contribution in [3.8, 4) is 50.7 Å². The van der Waals surface area contributed by atoms with E-state index >= 15 is 0 Å². The maximum atomic E-state index is 6.32. The number of oxazole rings is 1. The van der Waals surface area contributed by atoms with Crippen LogP contribution in [-0.4, -0.2) is 14.5 Å². The number of hydrogen-bond donors (Lipinski definition) is 0. The Balaban J connectivity index is 1.25. The number of benzene rings is 4. The lowest BCUT2D eigenvalue weighted by Crippen LogP contribution is -1.95. The first-order valence-electron chi connectivity index (χ1n) is 14.3. The van der Waals surface area contributed by atoms with Gasteiger partial charge in [0.1, 0.15) is 5.52 Å². The molecule has 4 aromatic carbocycles. The fourth-order valence-electron chi connectivity index (χ4n) is 6.04. The number of thiophene rings is 2. The largest absolute Gasteiger partial charge is 0.436 e. The fourth-order valence-corrected chi connectivity index (χ4v) is 7.37. The minimum absolute atomic E-state index is 0.613. The van der Waals surface area contributed by atoms with Gasteiger partial charge in [-0.3, -0.25) is 4.98 Å². The number of pyridine rings is 1. The van der Waals surface area contributed by atoms with Crippen molar-refractivity contribution in [1.29, 1.82) is 0 Å². The molecular formula is C38H23N3OS2. The quantitative estimate of drug-likeness (QED) is 0.197. The minimum Gasteiger partial charge on any atom is -0.436 e. The van der Waals surface area contributed by atoms with Crippen molar-refractivity contribution in [2.75, 3.05) is 0 Å². The molecule has 5 heterocycles. The summed E-state index contributed by atoms with van der Waals surface area (Å²) in [6.45, 7) is 0. The summed E-state index contributed by atoms with van der Waals surface area (Å²) in [6, 6.07) is 38.4. The summed E-state index contributed by atoms with van der Waals surface area (Å²) >= 11 is 3.41. The van der Waals surface area contributed by atoms with E-state index in [0.717, 1.165) is 50.2 Å². The molecule has 6 heteroatoms. The summed E-state index contributed by atoms with van der Waals surface area (Å²) in [5.74, 6) is 0.613. The topological polar surface area (TPSA) is 43.9 Å². The van der Waals surface area contributed by atoms with Gasteiger partial charge in [0, 0.05) is 33.8 Å². The molecule has 4 nitrogen and oxygen atoms in total. The van der Waals surface area contributed by atoms with E-state index in [0.29, 0.717) is 5.89 Å². The molecule has 0 radical (unpaired) electrons. The molecule has 0 aliphatic heterocycles. The molecule has 0 bridgehead atoms. The van der Waals surface area contributed by atoms with Crippen LogP contribution < -0.4 is 0 Å². The van der Waals surface area contributed by atoms with Crippen LogP contribution in [0.3, 0.4) is 0 Å². The van der Waals surface area contributed by atoms with Crippen LogP contribution in [0.4, 0.5) is 0 Å². The van der Waals surface area contributed by atoms with E-state index < -0.39 is 0 Å². The number of nitrogens with zero attached hydrogens (tertiary/aromatic N) is 3. The Labute approximate surface area is 261 Å². The van der Waals surface area contributed by atoms with Crippen LogP contribution >= 0.6 is 22.7 Å². The zero-order chi connectivity index (χ0) is 29.0. The van der Waals surface area contributed by atoms with E-state index in [9.17, 15) is 0 Å². The normalized spacial score (nSPS) is 11.6. The average Bonchev–Trinajstić information content (AvgIpc) is 3.90. The first-order chi connectivity index (χ1) is 21.8. The van der Waals surface area contributed by atoms with Crippen LogP contribution in [0.1, 0.15) is 0 Å². The maximum absolute atomic E-state index is 6.32. The molecule has 0 atom stereocenters. The molecule has 208 valence electrons. The Bertz CT molecular complexity index is 2440. The number of aromatic nitrogens is 3. The van der Waals surface area contributed by atoms with Crippen LogP contribution in [0.2, 0.25) is 0 Å². The third-order valence-corrected chi connectivity index (χ3v) is 9.54. The van der Waals surface area contributed by atoms with Gasteiger partial charge < -0.3 is 8.98 Å². The van der Waals surface area contributed by atoms with Gasteiger partial charge in [0.2, 0.25) is 5.89 Å². The minimum atomic E-state index is 0.613. The highest BCUT2D eigenvalue weighted by molar-refractivity contribution is 7.08. The van der Waals surface area contributed by atoms with Gasteiger partial charge in [-0.25, -0.2) is 4.98 Å². The average molecular weight is 602 g/mol. The molecular weight excluding hydrogens is 579 g/mol. The van der Waals surface area contributed by atoms with E-state index in [1.54, 1.807) is 22.7 Å². The highest BCUT2D eigenvalue weighted by atomic mass is 32.1. The van der Waals surface area contributed by atoms with E-state index in [1.807, 2.05) is 30.5 Å². The van der Waals surface area contributed by atoms with Crippen molar-refractivity contribution in [3.05, 3.63) is 137 Å². The summed E-state index contributed by atoms with van der Waals surface area (Å²) in [6.07, 6.45) is 1.84. The molecule has 0 saturated heterocycles. The highest BCUT2D eigenvalue weighted by Gasteiger charge is 2.17. The maximum Gasteiger partial charge on any atom is 0.227 e. The second-order valence-electron chi connectivity index (χ2n) is 10.8. The van der Waals surface area contributed by atoms with Crippen molar-refractivity contribution in [2.24, 2.45) is 0 Å². The van der Waals surface area contributed by atoms with E-state index in [4.69, 9.17) is 9.40 Å². The SMILES string of the molecule is c1ccc(-c2cccc(-n3c4ccc(-c5ccsc5)cc4c4ccc(-c5nc6cc(-c7ccsc7)ccc6o5)cc43)c2)nc1. The molecule has 0 unspecified atom stereocenters. The van der Waals surface area contributed by atoms with Crippen LogP contribution in [0, 0.1) is 0 Å². The molecule has 0 spiro atoms. The van der Waals surface area contributed by atoms with Gasteiger partial charge in [-0.05, 0) is 117 Å². The van der Waals surface area contributed by atoms with E-state index in [1.165, 1.54) is 27.5 Å². The molecule has 0 aliphatic carbocycles. The fraction of sp³-hybridized carbons (Fsp3) is 0. The summed E-state index contributed by atoms with van der Waals surface area (Å²) in [7, 11) is 0. The van der Waals surface area contributed by atoms with Crippen molar-refractivity contribution in [3.63, 3.8) is 0 Å². The highest BCUT2D eigenvalue weighted by Crippen LogP contribution is 2.38. The second-order valence-corrected chi connectivity index (χ2v) is 12.4. The van der Waals surface area contributed by atoms with Gasteiger partial charge in [0.25, 0.3) is 0 Å². The first kappa shape index (κ1) is 25.2. The predicted octanol–water partition coefficient (Wildman–Crippen LogP) is 11.1. The van der Waals surface area contributed by atoms with Gasteiger partial charge in [-0.15, -0.1) is 0 Å². The second kappa shape index (κ2) is 10.2. The molecule has 9 aromatic rings. The molecule has 0 saturated carbocycles. The molecule has 0 fully saturated rings. The Morgan fingerprint density at radius 2 is 1.39 bits per heavy atom. The van der Waals surface area contributed by atoms with Crippen LogP contribution in [0.5, 0.6) is 0 Å². The van der Waals surface area contributed by atoms with Gasteiger partial charge in [0.15, 0.2) is 5.58 Å². The molecule has 44 heavy (non-hydrogen) atoms. The molecule has 0 amide bonds. The Morgan fingerprint density at radius 1 is 0.568 bits per heavy atom. The van der Waals surface area contributed by atoms with Crippen molar-refractivity contribution >= 4 is 55.6 Å². The first-order valence-corrected chi connectivity index (χ1v) is 16.2. The van der Waals surface area contributed by atoms with Crippen LogP contribution in [0.15, 0.2) is 141 Å². The molecule has 9 rings (SSSR count). The van der Waals surface area contributed by atoms with Crippen LogP contribution in [0.25, 0.3) is 83.6 Å². The lowest BCUT2D eigenvalue weighted by atomic mass is 10.0. The third kappa shape index (κ3) is 4.19. The standard InChI is InChI=1S/C38H23N3OS2/c1-2-15-39-33(6-1)26-4-3-5-30(18-26)41-35-11-8-24(28-13-16-43-22-28)19-32(35)31-10-7-27(21-36(31)41)38-40-34-20-25(9-12-37(34)42-38)29-14-17-44-23-29/h1-23H. The smallest absolute Gasteiger partial charge is 0.227 e. The van der Waals surface area contributed by atoms with Crippen molar-refractivity contribution < 1.29 is 4.42 Å². The monoisotopic (exact) mass is 601 g/mol. The summed E-state index contributed by atoms with van der Waals surface area (Å²) in [5.41, 5.74) is 12.7. The molecule has 0 N–H and O–H groups in total. The molecule has 0 aliphatic rings. The van der Waals surface area contributed by atoms with Gasteiger partial charge >= 0.3 is 0 Å². The van der Waals surface area contributed by atoms with Crippen molar-refractivity contribution in [1.82, 2.24) is 14.5 Å². The summed E-state index contributed by atoms with van der Waals surface area (Å²) in [5, 5.41) is 11.0. The van der Waals surface area contributed by atoms with Gasteiger partial charge in [-0.2, -0.15) is 22.7 Å². The predicted molar refractivity (Wildman–Crippen MR) is 184 cm³/mol. The zero-order valence-corrected chi connectivity index (χ0v) is 25.0. The Hall–Kier alpha value is -5.30. The van der Waals surface area contributed by atoms with Crippen LogP contribution in [-0.2, 0) is 0 Å². The zero-order valence-electron chi connectivity index (χ0n) is 23.3. The summed E-state index contributed by atoms with van der Waals surface area (Å²) in [4.78, 5) is 9.54. The Kier molecular flexibility index (Phi) is 5.82. The lowest BCUT2D eigenvalue weighted by molar-refractivity contribution is 0.620. The Morgan fingerprint density at radius 3 is 2.18 bits per heavy atom. The van der Waals surface area contributed by atoms with Gasteiger partial charge in [-0.1, -0.05) is 36.4 Å². The van der Waals surface area contributed by atoms with E-state index in [2.05, 4.69) is 116 Å². The number of rotatable bonds is 5. The third-order valence-electron chi connectivity index (χ3n) is 8.17.